The molecule has 3 N–H and O–H groups in total. The highest BCUT2D eigenvalue weighted by molar-refractivity contribution is 7.47. The summed E-state index contributed by atoms with van der Waals surface area (Å²) in [6.07, 6.45) is 51.8. The Morgan fingerprint density at radius 2 is 0.455 bits per heavy atom. The molecule has 0 heterocycles. The third-order valence-corrected chi connectivity index (χ3v) is 18.0. The van der Waals surface area contributed by atoms with E-state index in [-0.39, 0.29) is 25.7 Å². The number of carbonyl (C=O) groups excluding carboxylic acids is 4. The van der Waals surface area contributed by atoms with Gasteiger partial charge in [0.05, 0.1) is 26.4 Å². The maximum absolute atomic E-state index is 13.0. The minimum Gasteiger partial charge on any atom is -0.462 e. The molecule has 0 aromatic heterocycles. The molecule has 17 nitrogen and oxygen atoms in total. The Kier molecular flexibility index (Phi) is 62.4. The summed E-state index contributed by atoms with van der Waals surface area (Å²) >= 11 is 0. The normalized spacial score (nSPS) is 14.0. The van der Waals surface area contributed by atoms with Crippen molar-refractivity contribution in [2.75, 3.05) is 39.6 Å². The smallest absolute Gasteiger partial charge is 0.462 e. The average molecular weight is 1300 g/mol. The molecular formula is C69H134O17P2. The minimum atomic E-state index is -4.95. The fraction of sp³-hybridized carbons (Fsp3) is 0.942. The van der Waals surface area contributed by atoms with Gasteiger partial charge in [-0.3, -0.25) is 37.3 Å². The van der Waals surface area contributed by atoms with Crippen molar-refractivity contribution in [3.05, 3.63) is 0 Å². The number of hydrogen-bond donors (Lipinski definition) is 3. The lowest BCUT2D eigenvalue weighted by Crippen LogP contribution is -2.30. The number of unbranched alkanes of at least 4 members (excludes halogenated alkanes) is 44. The highest BCUT2D eigenvalue weighted by Crippen LogP contribution is 2.45. The molecule has 0 bridgehead atoms. The summed E-state index contributed by atoms with van der Waals surface area (Å²) in [5, 5.41) is 10.5. The third kappa shape index (κ3) is 62.8. The second-order valence-corrected chi connectivity index (χ2v) is 27.8. The van der Waals surface area contributed by atoms with Crippen molar-refractivity contribution in [3.8, 4) is 0 Å². The standard InChI is InChI=1S/C69H134O17P2/c1-5-9-13-17-20-23-25-27-29-31-33-35-37-40-42-46-50-54-67(72)80-60-65(86-69(74)56-52-48-44-41-38-36-34-32-30-28-26-24-21-18-14-10-6-2)62-84-88(77,78)82-58-63(70)57-81-87(75,76)83-61-64(59-79-66(71)53-49-45-16-12-8-4)85-68(73)55-51-47-43-39-22-19-15-11-7-3/h63-65,70H,5-62H2,1-4H3,(H,75,76)(H,77,78)/t63-,64+,65+/m0/s1. The Bertz CT molecular complexity index is 1690. The van der Waals surface area contributed by atoms with Crippen molar-refractivity contribution in [1.82, 2.24) is 0 Å². The zero-order valence-corrected chi connectivity index (χ0v) is 58.5. The van der Waals surface area contributed by atoms with Gasteiger partial charge in [0.1, 0.15) is 19.3 Å². The summed E-state index contributed by atoms with van der Waals surface area (Å²) in [4.78, 5) is 72.1. The summed E-state index contributed by atoms with van der Waals surface area (Å²) in [5.41, 5.74) is 0. The number of rotatable bonds is 70. The summed E-state index contributed by atoms with van der Waals surface area (Å²) in [5.74, 6) is -2.13. The van der Waals surface area contributed by atoms with Crippen LogP contribution in [-0.4, -0.2) is 96.7 Å². The van der Waals surface area contributed by atoms with E-state index in [1.54, 1.807) is 0 Å². The van der Waals surface area contributed by atoms with E-state index in [1.165, 1.54) is 186 Å². The summed E-state index contributed by atoms with van der Waals surface area (Å²) < 4.78 is 68.0. The van der Waals surface area contributed by atoms with Gasteiger partial charge < -0.3 is 33.8 Å². The first-order chi connectivity index (χ1) is 42.7. The molecule has 5 atom stereocenters. The first-order valence-electron chi connectivity index (χ1n) is 36.3. The molecule has 0 spiro atoms. The van der Waals surface area contributed by atoms with Crippen molar-refractivity contribution >= 4 is 39.5 Å². The average Bonchev–Trinajstić information content (AvgIpc) is 3.67. The molecule has 0 fully saturated rings. The predicted octanol–water partition coefficient (Wildman–Crippen LogP) is 19.9. The Balaban J connectivity index is 5.13. The van der Waals surface area contributed by atoms with E-state index in [2.05, 4.69) is 27.7 Å². The molecule has 2 unspecified atom stereocenters. The lowest BCUT2D eigenvalue weighted by molar-refractivity contribution is -0.161. The molecule has 0 amide bonds. The number of hydrogen-bond acceptors (Lipinski definition) is 15. The second-order valence-electron chi connectivity index (χ2n) is 24.9. The Labute approximate surface area is 537 Å². The molecule has 0 aliphatic carbocycles. The molecule has 0 saturated carbocycles. The van der Waals surface area contributed by atoms with E-state index in [0.717, 1.165) is 96.3 Å². The quantitative estimate of drug-likeness (QED) is 0.0222. The minimum absolute atomic E-state index is 0.105. The molecular weight excluding hydrogens is 1160 g/mol. The van der Waals surface area contributed by atoms with Crippen LogP contribution in [-0.2, 0) is 65.4 Å². The van der Waals surface area contributed by atoms with Gasteiger partial charge in [-0.1, -0.05) is 310 Å². The van der Waals surface area contributed by atoms with Gasteiger partial charge in [-0.25, -0.2) is 9.13 Å². The van der Waals surface area contributed by atoms with Crippen LogP contribution in [0.4, 0.5) is 0 Å². The topological polar surface area (TPSA) is 237 Å². The van der Waals surface area contributed by atoms with Gasteiger partial charge in [-0.15, -0.1) is 0 Å². The molecule has 0 radical (unpaired) electrons. The van der Waals surface area contributed by atoms with E-state index in [9.17, 15) is 43.2 Å². The van der Waals surface area contributed by atoms with Crippen LogP contribution in [0.3, 0.4) is 0 Å². The monoisotopic (exact) mass is 1300 g/mol. The SMILES string of the molecule is CCCCCCCCCCCCCCCCCCCC(=O)OC[C@H](COP(=O)(O)OC[C@@H](O)COP(=O)(O)OC[C@@H](COC(=O)CCCCCCC)OC(=O)CCCCCCCCCCC)OC(=O)CCCCCCCCCCCCCCCCCCC. The van der Waals surface area contributed by atoms with Gasteiger partial charge >= 0.3 is 39.5 Å². The van der Waals surface area contributed by atoms with E-state index < -0.39 is 97.5 Å². The van der Waals surface area contributed by atoms with E-state index in [0.29, 0.717) is 25.7 Å². The molecule has 19 heteroatoms. The number of aliphatic hydroxyl groups excluding tert-OH is 1. The number of phosphoric ester groups is 2. The molecule has 0 aliphatic rings. The van der Waals surface area contributed by atoms with Gasteiger partial charge in [-0.2, -0.15) is 0 Å². The Morgan fingerprint density at radius 3 is 0.670 bits per heavy atom. The molecule has 0 rings (SSSR count). The van der Waals surface area contributed by atoms with Crippen molar-refractivity contribution in [3.63, 3.8) is 0 Å². The molecule has 0 aromatic rings. The number of carbonyl (C=O) groups is 4. The van der Waals surface area contributed by atoms with E-state index in [4.69, 9.17) is 37.0 Å². The van der Waals surface area contributed by atoms with Crippen LogP contribution in [0.25, 0.3) is 0 Å². The van der Waals surface area contributed by atoms with E-state index in [1.807, 2.05) is 0 Å². The van der Waals surface area contributed by atoms with Gasteiger partial charge in [0, 0.05) is 25.7 Å². The predicted molar refractivity (Wildman–Crippen MR) is 354 cm³/mol. The van der Waals surface area contributed by atoms with Crippen molar-refractivity contribution in [2.24, 2.45) is 0 Å². The maximum Gasteiger partial charge on any atom is 0.472 e. The Hall–Kier alpha value is -1.94. The van der Waals surface area contributed by atoms with Crippen LogP contribution in [0, 0.1) is 0 Å². The number of phosphoric acid groups is 2. The fourth-order valence-electron chi connectivity index (χ4n) is 10.5. The van der Waals surface area contributed by atoms with Gasteiger partial charge in [0.2, 0.25) is 0 Å². The van der Waals surface area contributed by atoms with Crippen LogP contribution >= 0.6 is 15.6 Å². The maximum atomic E-state index is 13.0. The van der Waals surface area contributed by atoms with Gasteiger partial charge in [0.15, 0.2) is 12.2 Å². The van der Waals surface area contributed by atoms with Crippen molar-refractivity contribution in [2.45, 2.75) is 380 Å². The van der Waals surface area contributed by atoms with Crippen LogP contribution in [0.5, 0.6) is 0 Å². The summed E-state index contributed by atoms with van der Waals surface area (Å²) in [7, 11) is -9.88. The number of ether oxygens (including phenoxy) is 4. The first kappa shape index (κ1) is 86.1. The van der Waals surface area contributed by atoms with Crippen molar-refractivity contribution < 1.29 is 80.2 Å². The lowest BCUT2D eigenvalue weighted by atomic mass is 10.0. The van der Waals surface area contributed by atoms with Crippen molar-refractivity contribution in [1.29, 1.82) is 0 Å². The fourth-order valence-corrected chi connectivity index (χ4v) is 12.1. The van der Waals surface area contributed by atoms with Crippen LogP contribution < -0.4 is 0 Å². The number of aliphatic hydroxyl groups is 1. The van der Waals surface area contributed by atoms with Gasteiger partial charge in [-0.05, 0) is 25.7 Å². The molecule has 0 saturated heterocycles. The highest BCUT2D eigenvalue weighted by atomic mass is 31.2. The zero-order valence-electron chi connectivity index (χ0n) is 56.7. The van der Waals surface area contributed by atoms with Gasteiger partial charge in [0.25, 0.3) is 0 Å². The number of esters is 4. The summed E-state index contributed by atoms with van der Waals surface area (Å²) in [6.45, 7) is 4.84. The molecule has 522 valence electrons. The van der Waals surface area contributed by atoms with Crippen LogP contribution in [0.1, 0.15) is 362 Å². The molecule has 0 aromatic carbocycles. The zero-order chi connectivity index (χ0) is 64.7. The first-order valence-corrected chi connectivity index (χ1v) is 39.3. The van der Waals surface area contributed by atoms with E-state index >= 15 is 0 Å². The second kappa shape index (κ2) is 63.8. The summed E-state index contributed by atoms with van der Waals surface area (Å²) in [6, 6.07) is 0. The lowest BCUT2D eigenvalue weighted by Gasteiger charge is -2.21. The largest absolute Gasteiger partial charge is 0.472 e. The van der Waals surface area contributed by atoms with Crippen LogP contribution in [0.2, 0.25) is 0 Å². The van der Waals surface area contributed by atoms with Crippen LogP contribution in [0.15, 0.2) is 0 Å². The third-order valence-electron chi connectivity index (χ3n) is 16.1. The molecule has 0 aliphatic heterocycles. The molecule has 88 heavy (non-hydrogen) atoms. The highest BCUT2D eigenvalue weighted by Gasteiger charge is 2.30. The Morgan fingerprint density at radius 1 is 0.273 bits per heavy atom.